The van der Waals surface area contributed by atoms with Crippen LogP contribution in [0.1, 0.15) is 19.8 Å². The molecule has 37 heavy (non-hydrogen) atoms. The Morgan fingerprint density at radius 2 is 2.03 bits per heavy atom. The summed E-state index contributed by atoms with van der Waals surface area (Å²) in [5.74, 6) is 2.28. The molecule has 3 aromatic rings. The van der Waals surface area contributed by atoms with Crippen molar-refractivity contribution in [3.8, 4) is 17.4 Å². The average Bonchev–Trinajstić information content (AvgIpc) is 3.43. The van der Waals surface area contributed by atoms with E-state index in [2.05, 4.69) is 20.3 Å². The van der Waals surface area contributed by atoms with Crippen molar-refractivity contribution >= 4 is 29.2 Å². The molecule has 5 rings (SSSR count). The standard InChI is InChI=1S/C25H28ClN7O4/c1-17(34)31-10-11-33(23-13-22(26)29-25(30-23)32-9-8-27-16-32)18(14-31)12-24(35)28-7-6-19-15-36-20-4-2-3-5-21(20)37-19/h2-5,8-9,13,16,18-19H,6-7,10-12,14-15H2,1H3,(H,28,35). The maximum atomic E-state index is 12.9. The molecule has 0 bridgehead atoms. The molecule has 1 N–H and O–H groups in total. The van der Waals surface area contributed by atoms with Gasteiger partial charge in [0.2, 0.25) is 17.8 Å². The Bertz CT molecular complexity index is 1260. The molecular weight excluding hydrogens is 498 g/mol. The Morgan fingerprint density at radius 1 is 1.19 bits per heavy atom. The summed E-state index contributed by atoms with van der Waals surface area (Å²) in [6.45, 7) is 3.86. The number of nitrogens with one attached hydrogen (secondary N) is 1. The van der Waals surface area contributed by atoms with Crippen molar-refractivity contribution in [2.75, 3.05) is 37.7 Å². The van der Waals surface area contributed by atoms with Gasteiger partial charge in [-0.2, -0.15) is 4.98 Å². The van der Waals surface area contributed by atoms with Crippen molar-refractivity contribution in [3.63, 3.8) is 0 Å². The fourth-order valence-electron chi connectivity index (χ4n) is 4.52. The lowest BCUT2D eigenvalue weighted by Crippen LogP contribution is -2.56. The van der Waals surface area contributed by atoms with Gasteiger partial charge in [0.25, 0.3) is 0 Å². The predicted molar refractivity (Wildman–Crippen MR) is 136 cm³/mol. The lowest BCUT2D eigenvalue weighted by Gasteiger charge is -2.41. The van der Waals surface area contributed by atoms with Crippen LogP contribution in [0.4, 0.5) is 5.82 Å². The molecular formula is C25H28ClN7O4. The summed E-state index contributed by atoms with van der Waals surface area (Å²) in [5.41, 5.74) is 0. The van der Waals surface area contributed by atoms with Gasteiger partial charge in [0, 0.05) is 64.4 Å². The maximum Gasteiger partial charge on any atom is 0.238 e. The highest BCUT2D eigenvalue weighted by atomic mass is 35.5. The van der Waals surface area contributed by atoms with Crippen molar-refractivity contribution in [2.24, 2.45) is 0 Å². The molecule has 2 unspecified atom stereocenters. The van der Waals surface area contributed by atoms with Crippen LogP contribution in [0.15, 0.2) is 49.1 Å². The number of anilines is 1. The van der Waals surface area contributed by atoms with E-state index in [4.69, 9.17) is 21.1 Å². The van der Waals surface area contributed by atoms with Gasteiger partial charge in [-0.15, -0.1) is 0 Å². The van der Waals surface area contributed by atoms with E-state index in [0.29, 0.717) is 56.7 Å². The fourth-order valence-corrected chi connectivity index (χ4v) is 4.69. The number of piperazine rings is 1. The molecule has 0 saturated carbocycles. The number of fused-ring (bicyclic) bond motifs is 1. The first-order chi connectivity index (χ1) is 18.0. The van der Waals surface area contributed by atoms with E-state index in [0.717, 1.165) is 5.75 Å². The van der Waals surface area contributed by atoms with Gasteiger partial charge >= 0.3 is 0 Å². The monoisotopic (exact) mass is 525 g/mol. The number of imidazole rings is 1. The molecule has 11 nitrogen and oxygen atoms in total. The quantitative estimate of drug-likeness (QED) is 0.466. The summed E-state index contributed by atoms with van der Waals surface area (Å²) >= 11 is 6.32. The molecule has 2 amide bonds. The Balaban J connectivity index is 1.23. The SMILES string of the molecule is CC(=O)N1CCN(c2cc(Cl)nc(-n3ccnc3)n2)C(CC(=O)NCCC2COc3ccccc3O2)C1. The highest BCUT2D eigenvalue weighted by Gasteiger charge is 2.31. The minimum Gasteiger partial charge on any atom is -0.486 e. The first kappa shape index (κ1) is 24.8. The maximum absolute atomic E-state index is 12.9. The Morgan fingerprint density at radius 3 is 2.81 bits per heavy atom. The zero-order valence-corrected chi connectivity index (χ0v) is 21.2. The molecule has 1 aromatic carbocycles. The van der Waals surface area contributed by atoms with Gasteiger partial charge in [-0.1, -0.05) is 23.7 Å². The number of halogens is 1. The van der Waals surface area contributed by atoms with E-state index < -0.39 is 0 Å². The van der Waals surface area contributed by atoms with Gasteiger partial charge in [0.15, 0.2) is 11.5 Å². The highest BCUT2D eigenvalue weighted by Crippen LogP contribution is 2.31. The van der Waals surface area contributed by atoms with Crippen molar-refractivity contribution in [1.82, 2.24) is 29.7 Å². The second kappa shape index (κ2) is 11.0. The Hall–Kier alpha value is -3.86. The Labute approximate surface area is 219 Å². The summed E-state index contributed by atoms with van der Waals surface area (Å²) < 4.78 is 13.4. The summed E-state index contributed by atoms with van der Waals surface area (Å²) in [4.78, 5) is 41.8. The highest BCUT2D eigenvalue weighted by molar-refractivity contribution is 6.29. The molecule has 0 spiro atoms. The third-order valence-corrected chi connectivity index (χ3v) is 6.60. The average molecular weight is 526 g/mol. The molecule has 0 aliphatic carbocycles. The largest absolute Gasteiger partial charge is 0.486 e. The molecule has 2 aliphatic rings. The van der Waals surface area contributed by atoms with Crippen LogP contribution < -0.4 is 19.7 Å². The third kappa shape index (κ3) is 5.93. The van der Waals surface area contributed by atoms with Gasteiger partial charge in [0.05, 0.1) is 6.04 Å². The topological polar surface area (TPSA) is 115 Å². The first-order valence-electron chi connectivity index (χ1n) is 12.2. The number of rotatable bonds is 7. The van der Waals surface area contributed by atoms with Crippen molar-refractivity contribution in [2.45, 2.75) is 31.9 Å². The smallest absolute Gasteiger partial charge is 0.238 e. The van der Waals surface area contributed by atoms with Crippen LogP contribution in [0.2, 0.25) is 5.15 Å². The molecule has 1 fully saturated rings. The number of benzene rings is 1. The molecule has 0 radical (unpaired) electrons. The number of aromatic nitrogens is 4. The minimum absolute atomic E-state index is 0.0281. The molecule has 12 heteroatoms. The van der Waals surface area contributed by atoms with E-state index in [1.807, 2.05) is 29.2 Å². The van der Waals surface area contributed by atoms with Crippen molar-refractivity contribution in [3.05, 3.63) is 54.2 Å². The zero-order valence-electron chi connectivity index (χ0n) is 20.4. The van der Waals surface area contributed by atoms with Crippen LogP contribution in [0.5, 0.6) is 11.5 Å². The van der Waals surface area contributed by atoms with Crippen LogP contribution in [0.3, 0.4) is 0 Å². The number of ether oxygens (including phenoxy) is 2. The molecule has 2 aliphatic heterocycles. The van der Waals surface area contributed by atoms with Crippen LogP contribution in [-0.4, -0.2) is 81.2 Å². The predicted octanol–water partition coefficient (Wildman–Crippen LogP) is 2.09. The van der Waals surface area contributed by atoms with E-state index in [-0.39, 0.29) is 35.5 Å². The summed E-state index contributed by atoms with van der Waals surface area (Å²) in [6, 6.07) is 8.94. The number of nitrogens with zero attached hydrogens (tertiary/aromatic N) is 6. The molecule has 4 heterocycles. The number of para-hydroxylation sites is 2. The summed E-state index contributed by atoms with van der Waals surface area (Å²) in [5, 5.41) is 3.27. The summed E-state index contributed by atoms with van der Waals surface area (Å²) in [6.07, 6.45) is 5.62. The van der Waals surface area contributed by atoms with E-state index in [9.17, 15) is 9.59 Å². The van der Waals surface area contributed by atoms with E-state index in [1.165, 1.54) is 6.92 Å². The van der Waals surface area contributed by atoms with Gasteiger partial charge in [-0.25, -0.2) is 9.97 Å². The van der Waals surface area contributed by atoms with Crippen LogP contribution in [0.25, 0.3) is 5.95 Å². The molecule has 1 saturated heterocycles. The second-order valence-electron chi connectivity index (χ2n) is 8.97. The molecule has 2 aromatic heterocycles. The van der Waals surface area contributed by atoms with E-state index >= 15 is 0 Å². The first-order valence-corrected chi connectivity index (χ1v) is 12.5. The normalized spacial score (nSPS) is 19.0. The number of carbonyl (C=O) groups excluding carboxylic acids is 2. The lowest BCUT2D eigenvalue weighted by molar-refractivity contribution is -0.130. The number of carbonyl (C=O) groups is 2. The molecule has 194 valence electrons. The Kier molecular flexibility index (Phi) is 7.40. The van der Waals surface area contributed by atoms with Crippen molar-refractivity contribution in [1.29, 1.82) is 0 Å². The van der Waals surface area contributed by atoms with Crippen LogP contribution in [0, 0.1) is 0 Å². The molecule has 2 atom stereocenters. The number of amides is 2. The van der Waals surface area contributed by atoms with E-state index in [1.54, 1.807) is 34.3 Å². The van der Waals surface area contributed by atoms with Crippen molar-refractivity contribution < 1.29 is 19.1 Å². The fraction of sp³-hybridized carbons (Fsp3) is 0.400. The third-order valence-electron chi connectivity index (χ3n) is 6.40. The van der Waals surface area contributed by atoms with Gasteiger partial charge in [0.1, 0.15) is 30.0 Å². The minimum atomic E-state index is -0.277. The number of hydrogen-bond donors (Lipinski definition) is 1. The van der Waals surface area contributed by atoms with Gasteiger partial charge in [-0.05, 0) is 12.1 Å². The van der Waals surface area contributed by atoms with Crippen LogP contribution in [-0.2, 0) is 9.59 Å². The van der Waals surface area contributed by atoms with Gasteiger partial charge < -0.3 is 24.6 Å². The van der Waals surface area contributed by atoms with Gasteiger partial charge in [-0.3, -0.25) is 14.2 Å². The van der Waals surface area contributed by atoms with Crippen LogP contribution >= 0.6 is 11.6 Å². The zero-order chi connectivity index (χ0) is 25.8. The second-order valence-corrected chi connectivity index (χ2v) is 9.36. The number of hydrogen-bond acceptors (Lipinski definition) is 8. The summed E-state index contributed by atoms with van der Waals surface area (Å²) in [7, 11) is 0. The lowest BCUT2D eigenvalue weighted by atomic mass is 10.1.